The van der Waals surface area contributed by atoms with E-state index in [1.54, 1.807) is 12.1 Å². The Morgan fingerprint density at radius 1 is 1.18 bits per heavy atom. The Labute approximate surface area is 109 Å². The average molecular weight is 266 g/mol. The van der Waals surface area contributed by atoms with E-state index in [0.717, 1.165) is 12.0 Å². The number of rotatable bonds is 4. The van der Waals surface area contributed by atoms with Crippen molar-refractivity contribution in [1.82, 2.24) is 0 Å². The third-order valence-corrected chi connectivity index (χ3v) is 3.68. The van der Waals surface area contributed by atoms with E-state index in [9.17, 15) is 4.79 Å². The molecule has 0 saturated heterocycles. The first-order chi connectivity index (χ1) is 8.20. The summed E-state index contributed by atoms with van der Waals surface area (Å²) in [7, 11) is 0. The average Bonchev–Trinajstić information content (AvgIpc) is 2.76. The van der Waals surface area contributed by atoms with E-state index < -0.39 is 0 Å². The minimum Gasteiger partial charge on any atom is -0.330 e. The monoisotopic (exact) mass is 265 g/mol. The van der Waals surface area contributed by atoms with E-state index in [1.165, 1.54) is 11.3 Å². The lowest BCUT2D eigenvalue weighted by Gasteiger charge is -2.01. The van der Waals surface area contributed by atoms with Gasteiger partial charge in [0.1, 0.15) is 0 Å². The summed E-state index contributed by atoms with van der Waals surface area (Å²) in [4.78, 5) is 12.7. The molecule has 0 aliphatic rings. The van der Waals surface area contributed by atoms with Crippen LogP contribution < -0.4 is 5.73 Å². The Bertz CT molecular complexity index is 518. The molecule has 2 N–H and O–H groups in total. The van der Waals surface area contributed by atoms with Gasteiger partial charge in [0.15, 0.2) is 0 Å². The third kappa shape index (κ3) is 2.94. The summed E-state index contributed by atoms with van der Waals surface area (Å²) < 4.78 is 0.633. The van der Waals surface area contributed by atoms with Crippen molar-refractivity contribution in [2.45, 2.75) is 6.42 Å². The molecule has 0 amide bonds. The van der Waals surface area contributed by atoms with Crippen LogP contribution in [0.3, 0.4) is 0 Å². The highest BCUT2D eigenvalue weighted by Gasteiger charge is 2.11. The van der Waals surface area contributed by atoms with Crippen molar-refractivity contribution in [2.75, 3.05) is 6.54 Å². The highest BCUT2D eigenvalue weighted by Crippen LogP contribution is 2.24. The van der Waals surface area contributed by atoms with Crippen molar-refractivity contribution in [2.24, 2.45) is 5.73 Å². The van der Waals surface area contributed by atoms with Gasteiger partial charge in [0, 0.05) is 5.56 Å². The van der Waals surface area contributed by atoms with Gasteiger partial charge in [0.25, 0.3) is 0 Å². The summed E-state index contributed by atoms with van der Waals surface area (Å²) >= 11 is 7.11. The first-order valence-corrected chi connectivity index (χ1v) is 6.49. The summed E-state index contributed by atoms with van der Waals surface area (Å²) in [6, 6.07) is 11.0. The normalized spacial score (nSPS) is 10.5. The Morgan fingerprint density at radius 3 is 2.41 bits per heavy atom. The molecule has 0 fully saturated rings. The summed E-state index contributed by atoms with van der Waals surface area (Å²) in [5, 5.41) is 0. The van der Waals surface area contributed by atoms with Crippen LogP contribution in [-0.2, 0) is 6.42 Å². The van der Waals surface area contributed by atoms with Crippen molar-refractivity contribution in [3.05, 3.63) is 56.7 Å². The van der Waals surface area contributed by atoms with Gasteiger partial charge in [0.05, 0.1) is 9.21 Å². The summed E-state index contributed by atoms with van der Waals surface area (Å²) in [5.74, 6) is 0.0150. The zero-order valence-electron chi connectivity index (χ0n) is 9.15. The number of halogens is 1. The molecule has 2 rings (SSSR count). The Balaban J connectivity index is 2.20. The van der Waals surface area contributed by atoms with Gasteiger partial charge in [-0.2, -0.15) is 0 Å². The van der Waals surface area contributed by atoms with E-state index >= 15 is 0 Å². The van der Waals surface area contributed by atoms with Gasteiger partial charge < -0.3 is 5.73 Å². The van der Waals surface area contributed by atoms with Gasteiger partial charge in [-0.1, -0.05) is 35.9 Å². The Hall–Kier alpha value is -1.16. The summed E-state index contributed by atoms with van der Waals surface area (Å²) in [5.41, 5.74) is 7.30. The Morgan fingerprint density at radius 2 is 1.88 bits per heavy atom. The molecular formula is C13H12ClNOS. The number of carbonyl (C=O) groups is 1. The molecule has 0 unspecified atom stereocenters. The molecule has 2 aromatic rings. The van der Waals surface area contributed by atoms with Crippen LogP contribution in [0.5, 0.6) is 0 Å². The first-order valence-electron chi connectivity index (χ1n) is 5.30. The zero-order valence-corrected chi connectivity index (χ0v) is 10.7. The summed E-state index contributed by atoms with van der Waals surface area (Å²) in [6.07, 6.45) is 0.833. The third-order valence-electron chi connectivity index (χ3n) is 2.45. The second kappa shape index (κ2) is 5.45. The predicted octanol–water partition coefficient (Wildman–Crippen LogP) is 3.13. The number of thiophene rings is 1. The number of nitrogens with two attached hydrogens (primary N) is 1. The molecule has 88 valence electrons. The van der Waals surface area contributed by atoms with Crippen molar-refractivity contribution in [1.29, 1.82) is 0 Å². The number of hydrogen-bond donors (Lipinski definition) is 1. The van der Waals surface area contributed by atoms with Crippen molar-refractivity contribution in [3.63, 3.8) is 0 Å². The van der Waals surface area contributed by atoms with Crippen LogP contribution in [0.4, 0.5) is 0 Å². The van der Waals surface area contributed by atoms with Crippen LogP contribution >= 0.6 is 22.9 Å². The van der Waals surface area contributed by atoms with Crippen LogP contribution in [-0.4, -0.2) is 12.3 Å². The molecule has 4 heteroatoms. The standard InChI is InChI=1S/C13H12ClNOS/c14-12-6-5-11(17-12)13(16)10-3-1-9(2-4-10)7-8-15/h1-6H,7-8,15H2. The van der Waals surface area contributed by atoms with Crippen LogP contribution in [0, 0.1) is 0 Å². The quantitative estimate of drug-likeness (QED) is 0.863. The molecule has 17 heavy (non-hydrogen) atoms. The van der Waals surface area contributed by atoms with Gasteiger partial charge in [0.2, 0.25) is 5.78 Å². The number of hydrogen-bond acceptors (Lipinski definition) is 3. The highest BCUT2D eigenvalue weighted by molar-refractivity contribution is 7.18. The molecule has 0 aliphatic heterocycles. The van der Waals surface area contributed by atoms with E-state index in [-0.39, 0.29) is 5.78 Å². The fourth-order valence-electron chi connectivity index (χ4n) is 1.57. The topological polar surface area (TPSA) is 43.1 Å². The van der Waals surface area contributed by atoms with Gasteiger partial charge >= 0.3 is 0 Å². The first kappa shape index (κ1) is 12.3. The fourth-order valence-corrected chi connectivity index (χ4v) is 2.57. The van der Waals surface area contributed by atoms with Gasteiger partial charge in [-0.25, -0.2) is 0 Å². The molecular weight excluding hydrogens is 254 g/mol. The molecule has 1 aromatic carbocycles. The lowest BCUT2D eigenvalue weighted by atomic mass is 10.1. The molecule has 0 radical (unpaired) electrons. The maximum absolute atomic E-state index is 12.1. The van der Waals surface area contributed by atoms with Crippen LogP contribution in [0.2, 0.25) is 4.34 Å². The maximum atomic E-state index is 12.1. The fraction of sp³-hybridized carbons (Fsp3) is 0.154. The van der Waals surface area contributed by atoms with E-state index in [0.29, 0.717) is 21.3 Å². The van der Waals surface area contributed by atoms with Gasteiger partial charge in [-0.15, -0.1) is 11.3 Å². The number of benzene rings is 1. The SMILES string of the molecule is NCCc1ccc(C(=O)c2ccc(Cl)s2)cc1. The van der Waals surface area contributed by atoms with Crippen molar-refractivity contribution >= 4 is 28.7 Å². The maximum Gasteiger partial charge on any atom is 0.202 e. The van der Waals surface area contributed by atoms with E-state index in [2.05, 4.69) is 0 Å². The van der Waals surface area contributed by atoms with Crippen molar-refractivity contribution < 1.29 is 4.79 Å². The van der Waals surface area contributed by atoms with Crippen LogP contribution in [0.1, 0.15) is 20.8 Å². The minimum absolute atomic E-state index is 0.0150. The molecule has 1 aromatic heterocycles. The molecule has 0 spiro atoms. The molecule has 0 aliphatic carbocycles. The van der Waals surface area contributed by atoms with Gasteiger partial charge in [-0.05, 0) is 30.7 Å². The van der Waals surface area contributed by atoms with Crippen LogP contribution in [0.25, 0.3) is 0 Å². The van der Waals surface area contributed by atoms with Crippen molar-refractivity contribution in [3.8, 4) is 0 Å². The number of carbonyl (C=O) groups excluding carboxylic acids is 1. The minimum atomic E-state index is 0.0150. The molecule has 0 atom stereocenters. The molecule has 0 bridgehead atoms. The number of ketones is 1. The zero-order chi connectivity index (χ0) is 12.3. The Kier molecular flexibility index (Phi) is 3.94. The van der Waals surface area contributed by atoms with E-state index in [4.69, 9.17) is 17.3 Å². The highest BCUT2D eigenvalue weighted by atomic mass is 35.5. The lowest BCUT2D eigenvalue weighted by molar-refractivity contribution is 0.104. The predicted molar refractivity (Wildman–Crippen MR) is 72.0 cm³/mol. The molecule has 2 nitrogen and oxygen atoms in total. The van der Waals surface area contributed by atoms with Crippen LogP contribution in [0.15, 0.2) is 36.4 Å². The summed E-state index contributed by atoms with van der Waals surface area (Å²) in [6.45, 7) is 0.619. The molecule has 0 saturated carbocycles. The second-order valence-corrected chi connectivity index (χ2v) is 5.38. The largest absolute Gasteiger partial charge is 0.330 e. The van der Waals surface area contributed by atoms with E-state index in [1.807, 2.05) is 24.3 Å². The smallest absolute Gasteiger partial charge is 0.202 e. The van der Waals surface area contributed by atoms with Gasteiger partial charge in [-0.3, -0.25) is 4.79 Å². The molecule has 1 heterocycles. The lowest BCUT2D eigenvalue weighted by Crippen LogP contribution is -2.03. The second-order valence-electron chi connectivity index (χ2n) is 3.67.